The molecule has 6 heteroatoms. The minimum absolute atomic E-state index is 0.351. The van der Waals surface area contributed by atoms with E-state index in [1.165, 1.54) is 6.26 Å². The van der Waals surface area contributed by atoms with Gasteiger partial charge in [-0.1, -0.05) is 17.7 Å². The molecule has 0 radical (unpaired) electrons. The van der Waals surface area contributed by atoms with Crippen LogP contribution in [0.2, 0.25) is 5.15 Å². The van der Waals surface area contributed by atoms with Gasteiger partial charge in [-0.25, -0.2) is 9.19 Å². The molecule has 0 N–H and O–H groups in total. The summed E-state index contributed by atoms with van der Waals surface area (Å²) >= 11 is 5.80. The molecule has 0 aliphatic rings. The van der Waals surface area contributed by atoms with Crippen molar-refractivity contribution in [3.8, 4) is 6.19 Å². The van der Waals surface area contributed by atoms with E-state index < -0.39 is 9.73 Å². The van der Waals surface area contributed by atoms with Crippen LogP contribution in [0.5, 0.6) is 0 Å². The van der Waals surface area contributed by atoms with Crippen molar-refractivity contribution in [3.63, 3.8) is 0 Å². The fourth-order valence-corrected chi connectivity index (χ4v) is 2.27. The second kappa shape index (κ2) is 4.81. The van der Waals surface area contributed by atoms with E-state index in [0.29, 0.717) is 5.15 Å². The van der Waals surface area contributed by atoms with Crippen LogP contribution in [0.4, 0.5) is 0 Å². The maximum Gasteiger partial charge on any atom is 0.214 e. The zero-order valence-electron chi connectivity index (χ0n) is 9.27. The smallest absolute Gasteiger partial charge is 0.214 e. The molecular formula is C10H12ClN3OS. The molecule has 0 aromatic carbocycles. The maximum absolute atomic E-state index is 12.0. The van der Waals surface area contributed by atoms with Gasteiger partial charge in [-0.3, -0.25) is 0 Å². The topological polar surface area (TPSA) is 66.1 Å². The molecular weight excluding hydrogens is 246 g/mol. The lowest BCUT2D eigenvalue weighted by atomic mass is 10.2. The third-order valence-corrected chi connectivity index (χ3v) is 4.81. The Labute approximate surface area is 100 Å². The minimum atomic E-state index is -2.56. The first-order valence-corrected chi connectivity index (χ1v) is 6.96. The average molecular weight is 258 g/mol. The first-order chi connectivity index (χ1) is 7.38. The summed E-state index contributed by atoms with van der Waals surface area (Å²) in [6, 6.07) is 1.82. The van der Waals surface area contributed by atoms with E-state index in [4.69, 9.17) is 16.9 Å². The van der Waals surface area contributed by atoms with Gasteiger partial charge in [0.2, 0.25) is 6.19 Å². The average Bonchev–Trinajstić information content (AvgIpc) is 2.21. The van der Waals surface area contributed by atoms with Crippen molar-refractivity contribution < 1.29 is 4.21 Å². The van der Waals surface area contributed by atoms with Crippen LogP contribution in [0.15, 0.2) is 16.6 Å². The fraction of sp³-hybridized carbons (Fsp3) is 0.400. The van der Waals surface area contributed by atoms with Crippen LogP contribution in [0.3, 0.4) is 0 Å². The number of pyridine rings is 1. The van der Waals surface area contributed by atoms with Gasteiger partial charge in [0, 0.05) is 12.5 Å². The van der Waals surface area contributed by atoms with Gasteiger partial charge in [-0.15, -0.1) is 4.36 Å². The molecule has 16 heavy (non-hydrogen) atoms. The zero-order chi connectivity index (χ0) is 12.3. The standard InChI is InChI=1S/C10H12ClN3OS/c1-7-4-9(5-13-10(7)11)8(2)16(3,15)14-6-12/h4-5,8H,1-3H3. The van der Waals surface area contributed by atoms with Crippen molar-refractivity contribution in [2.24, 2.45) is 4.36 Å². The molecule has 1 aromatic heterocycles. The van der Waals surface area contributed by atoms with Gasteiger partial charge < -0.3 is 0 Å². The first-order valence-electron chi connectivity index (χ1n) is 4.59. The van der Waals surface area contributed by atoms with Crippen LogP contribution < -0.4 is 0 Å². The van der Waals surface area contributed by atoms with E-state index in [-0.39, 0.29) is 5.25 Å². The Morgan fingerprint density at radius 2 is 2.31 bits per heavy atom. The van der Waals surface area contributed by atoms with Gasteiger partial charge in [0.15, 0.2) is 0 Å². The fourth-order valence-electron chi connectivity index (χ4n) is 1.21. The van der Waals surface area contributed by atoms with Crippen molar-refractivity contribution in [2.75, 3.05) is 6.26 Å². The Morgan fingerprint density at radius 3 is 2.81 bits per heavy atom. The molecule has 0 amide bonds. The number of aromatic nitrogens is 1. The molecule has 0 aliphatic heterocycles. The quantitative estimate of drug-likeness (QED) is 0.604. The first kappa shape index (κ1) is 12.9. The summed E-state index contributed by atoms with van der Waals surface area (Å²) in [6.07, 6.45) is 4.62. The molecule has 1 heterocycles. The third kappa shape index (κ3) is 2.71. The van der Waals surface area contributed by atoms with Gasteiger partial charge in [0.1, 0.15) is 5.15 Å². The summed E-state index contributed by atoms with van der Waals surface area (Å²) in [6.45, 7) is 3.58. The predicted molar refractivity (Wildman–Crippen MR) is 64.5 cm³/mol. The van der Waals surface area contributed by atoms with E-state index in [0.717, 1.165) is 11.1 Å². The lowest BCUT2D eigenvalue weighted by Gasteiger charge is -2.13. The molecule has 0 aliphatic carbocycles. The number of nitrogens with zero attached hydrogens (tertiary/aromatic N) is 3. The van der Waals surface area contributed by atoms with Crippen molar-refractivity contribution >= 4 is 21.3 Å². The third-order valence-electron chi connectivity index (χ3n) is 2.38. The molecule has 1 aromatic rings. The highest BCUT2D eigenvalue weighted by atomic mass is 35.5. The Kier molecular flexibility index (Phi) is 3.89. The largest absolute Gasteiger partial charge is 0.248 e. The molecule has 4 nitrogen and oxygen atoms in total. The van der Waals surface area contributed by atoms with Crippen LogP contribution in [0.1, 0.15) is 23.3 Å². The number of hydrogen-bond acceptors (Lipinski definition) is 4. The Balaban J connectivity index is 3.22. The van der Waals surface area contributed by atoms with Gasteiger partial charge in [-0.05, 0) is 25.0 Å². The Bertz CT molecular complexity index is 556. The zero-order valence-corrected chi connectivity index (χ0v) is 10.8. The molecule has 2 atom stereocenters. The highest BCUT2D eigenvalue weighted by molar-refractivity contribution is 7.93. The molecule has 2 unspecified atom stereocenters. The predicted octanol–water partition coefficient (Wildman–Crippen LogP) is 2.68. The van der Waals surface area contributed by atoms with Crippen molar-refractivity contribution in [1.29, 1.82) is 5.26 Å². The van der Waals surface area contributed by atoms with Crippen LogP contribution in [-0.2, 0) is 9.73 Å². The summed E-state index contributed by atoms with van der Waals surface area (Å²) in [5.41, 5.74) is 1.59. The van der Waals surface area contributed by atoms with Gasteiger partial charge in [0.05, 0.1) is 15.0 Å². The lowest BCUT2D eigenvalue weighted by Crippen LogP contribution is -2.08. The molecule has 0 saturated carbocycles. The number of halogens is 1. The van der Waals surface area contributed by atoms with Crippen molar-refractivity contribution in [2.45, 2.75) is 19.1 Å². The summed E-state index contributed by atoms with van der Waals surface area (Å²) < 4.78 is 15.5. The Hall–Kier alpha value is -1.12. The monoisotopic (exact) mass is 257 g/mol. The normalized spacial score (nSPS) is 15.9. The summed E-state index contributed by atoms with van der Waals surface area (Å²) in [7, 11) is -2.56. The van der Waals surface area contributed by atoms with Crippen LogP contribution in [-0.4, -0.2) is 15.4 Å². The highest BCUT2D eigenvalue weighted by Gasteiger charge is 2.17. The molecule has 0 fully saturated rings. The number of hydrogen-bond donors (Lipinski definition) is 0. The lowest BCUT2D eigenvalue weighted by molar-refractivity contribution is 0.673. The number of aryl methyl sites for hydroxylation is 1. The van der Waals surface area contributed by atoms with Crippen molar-refractivity contribution in [3.05, 3.63) is 28.5 Å². The molecule has 0 saturated heterocycles. The van der Waals surface area contributed by atoms with Crippen molar-refractivity contribution in [1.82, 2.24) is 4.98 Å². The van der Waals surface area contributed by atoms with Crippen LogP contribution >= 0.6 is 11.6 Å². The Morgan fingerprint density at radius 1 is 1.69 bits per heavy atom. The van der Waals surface area contributed by atoms with Crippen LogP contribution in [0, 0.1) is 18.4 Å². The summed E-state index contributed by atoms with van der Waals surface area (Å²) in [5.74, 6) is 0. The molecule has 86 valence electrons. The maximum atomic E-state index is 12.0. The highest BCUT2D eigenvalue weighted by Crippen LogP contribution is 2.24. The molecule has 0 bridgehead atoms. The number of nitriles is 1. The SMILES string of the molecule is Cc1cc(C(C)S(C)(=O)=NC#N)cnc1Cl. The van der Waals surface area contributed by atoms with Gasteiger partial charge >= 0.3 is 0 Å². The van der Waals surface area contributed by atoms with Gasteiger partial charge in [-0.2, -0.15) is 5.26 Å². The number of rotatable bonds is 2. The summed E-state index contributed by atoms with van der Waals surface area (Å²) in [5, 5.41) is 8.54. The van der Waals surface area contributed by atoms with Crippen LogP contribution in [0.25, 0.3) is 0 Å². The van der Waals surface area contributed by atoms with E-state index in [1.54, 1.807) is 19.3 Å². The molecule has 0 spiro atoms. The minimum Gasteiger partial charge on any atom is -0.248 e. The summed E-state index contributed by atoms with van der Waals surface area (Å²) in [4.78, 5) is 3.99. The van der Waals surface area contributed by atoms with E-state index in [9.17, 15) is 4.21 Å². The van der Waals surface area contributed by atoms with E-state index >= 15 is 0 Å². The van der Waals surface area contributed by atoms with E-state index in [1.807, 2.05) is 13.0 Å². The van der Waals surface area contributed by atoms with Gasteiger partial charge in [0.25, 0.3) is 0 Å². The molecule has 1 rings (SSSR count). The second-order valence-corrected chi connectivity index (χ2v) is 6.54. The second-order valence-electron chi connectivity index (χ2n) is 3.57. The van der Waals surface area contributed by atoms with E-state index in [2.05, 4.69) is 9.35 Å².